The molecular weight excluding hydrogens is 420 g/mol. The van der Waals surface area contributed by atoms with Crippen LogP contribution in [0.3, 0.4) is 0 Å². The summed E-state index contributed by atoms with van der Waals surface area (Å²) in [6, 6.07) is 12.6. The fourth-order valence-corrected chi connectivity index (χ4v) is 3.70. The summed E-state index contributed by atoms with van der Waals surface area (Å²) in [5.74, 6) is -0.329. The van der Waals surface area contributed by atoms with E-state index in [2.05, 4.69) is 5.32 Å². The van der Waals surface area contributed by atoms with Crippen LogP contribution >= 0.6 is 0 Å². The number of nitrogens with one attached hydrogen (secondary N) is 1. The van der Waals surface area contributed by atoms with Crippen molar-refractivity contribution in [2.75, 3.05) is 5.32 Å². The maximum absolute atomic E-state index is 13.4. The normalized spacial score (nSPS) is 11.3. The van der Waals surface area contributed by atoms with Gasteiger partial charge >= 0.3 is 12.1 Å². The molecule has 3 rings (SSSR count). The first-order valence-corrected chi connectivity index (χ1v) is 11.0. The summed E-state index contributed by atoms with van der Waals surface area (Å²) < 4.78 is 12.6. The first-order chi connectivity index (χ1) is 15.5. The third kappa shape index (κ3) is 5.25. The molecule has 7 heteroatoms. The Labute approximate surface area is 193 Å². The number of rotatable bonds is 5. The molecule has 7 nitrogen and oxygen atoms in total. The molecule has 1 amide bonds. The standard InChI is InChI=1S/C26H30N2O5/c1-7-11-21(29)32-23-18(13-10-14-19(23)27-25(31)33-26(3,4)5)22-16(2)17-12-8-9-15-20(17)28(6)24(22)30/h8-10,12-15H,7,11H2,1-6H3,(H,27,31). The summed E-state index contributed by atoms with van der Waals surface area (Å²) in [6.45, 7) is 9.01. The number of pyridine rings is 1. The van der Waals surface area contributed by atoms with Gasteiger partial charge in [-0.25, -0.2) is 4.79 Å². The highest BCUT2D eigenvalue weighted by atomic mass is 16.6. The van der Waals surface area contributed by atoms with Gasteiger partial charge in [0, 0.05) is 24.4 Å². The zero-order chi connectivity index (χ0) is 24.3. The van der Waals surface area contributed by atoms with Crippen LogP contribution in [0.4, 0.5) is 10.5 Å². The van der Waals surface area contributed by atoms with Crippen LogP contribution in [0.25, 0.3) is 22.0 Å². The maximum atomic E-state index is 13.4. The molecule has 3 aromatic rings. The first kappa shape index (κ1) is 24.0. The van der Waals surface area contributed by atoms with Crippen LogP contribution in [0.15, 0.2) is 47.3 Å². The molecule has 33 heavy (non-hydrogen) atoms. The van der Waals surface area contributed by atoms with Gasteiger partial charge in [-0.15, -0.1) is 0 Å². The number of carbonyl (C=O) groups is 2. The predicted molar refractivity (Wildman–Crippen MR) is 130 cm³/mol. The highest BCUT2D eigenvalue weighted by molar-refractivity contribution is 5.95. The number of nitrogens with zero attached hydrogens (tertiary/aromatic N) is 1. The number of hydrogen-bond acceptors (Lipinski definition) is 5. The lowest BCUT2D eigenvalue weighted by molar-refractivity contribution is -0.134. The van der Waals surface area contributed by atoms with Gasteiger partial charge in [0.25, 0.3) is 5.56 Å². The van der Waals surface area contributed by atoms with Gasteiger partial charge in [0.15, 0.2) is 5.75 Å². The molecule has 0 spiro atoms. The van der Waals surface area contributed by atoms with Crippen LogP contribution in [-0.4, -0.2) is 22.2 Å². The molecule has 0 radical (unpaired) electrons. The number of carbonyl (C=O) groups excluding carboxylic acids is 2. The van der Waals surface area contributed by atoms with E-state index in [0.717, 1.165) is 16.5 Å². The Morgan fingerprint density at radius 3 is 2.42 bits per heavy atom. The van der Waals surface area contributed by atoms with Gasteiger partial charge in [0.2, 0.25) is 0 Å². The molecule has 0 aliphatic rings. The van der Waals surface area contributed by atoms with E-state index < -0.39 is 17.7 Å². The van der Waals surface area contributed by atoms with Crippen LogP contribution in [0.5, 0.6) is 5.75 Å². The zero-order valence-electron chi connectivity index (χ0n) is 19.9. The van der Waals surface area contributed by atoms with Gasteiger partial charge in [-0.2, -0.15) is 0 Å². The van der Waals surface area contributed by atoms with Crippen molar-refractivity contribution in [1.29, 1.82) is 0 Å². The molecule has 174 valence electrons. The molecule has 0 saturated heterocycles. The van der Waals surface area contributed by atoms with E-state index in [4.69, 9.17) is 9.47 Å². The Bertz CT molecular complexity index is 1270. The Balaban J connectivity index is 2.23. The van der Waals surface area contributed by atoms with E-state index in [1.54, 1.807) is 50.6 Å². The Kier molecular flexibility index (Phi) is 6.91. The summed E-state index contributed by atoms with van der Waals surface area (Å²) in [5.41, 5.74) is 1.72. The van der Waals surface area contributed by atoms with Gasteiger partial charge in [-0.05, 0) is 51.8 Å². The molecular formula is C26H30N2O5. The second-order valence-electron chi connectivity index (χ2n) is 8.91. The Hall–Kier alpha value is -3.61. The van der Waals surface area contributed by atoms with Crippen LogP contribution < -0.4 is 15.6 Å². The molecule has 0 bridgehead atoms. The molecule has 0 aliphatic heterocycles. The van der Waals surface area contributed by atoms with Crippen molar-refractivity contribution in [1.82, 2.24) is 4.57 Å². The number of amides is 1. The molecule has 0 fully saturated rings. The van der Waals surface area contributed by atoms with E-state index in [1.807, 2.05) is 38.1 Å². The largest absolute Gasteiger partial charge is 0.444 e. The number of anilines is 1. The van der Waals surface area contributed by atoms with Gasteiger partial charge in [-0.3, -0.25) is 14.9 Å². The second kappa shape index (κ2) is 9.48. The molecule has 0 saturated carbocycles. The third-order valence-electron chi connectivity index (χ3n) is 5.15. The monoisotopic (exact) mass is 450 g/mol. The summed E-state index contributed by atoms with van der Waals surface area (Å²) in [6.07, 6.45) is 0.122. The van der Waals surface area contributed by atoms with Crippen molar-refractivity contribution in [3.8, 4) is 16.9 Å². The van der Waals surface area contributed by atoms with Crippen molar-refractivity contribution in [3.63, 3.8) is 0 Å². The van der Waals surface area contributed by atoms with Crippen LogP contribution in [-0.2, 0) is 16.6 Å². The average molecular weight is 451 g/mol. The number of hydrogen-bond donors (Lipinski definition) is 1. The van der Waals surface area contributed by atoms with Crippen LogP contribution in [0.1, 0.15) is 46.1 Å². The number of ether oxygens (including phenoxy) is 2. The lowest BCUT2D eigenvalue weighted by atomic mass is 9.97. The van der Waals surface area contributed by atoms with Gasteiger partial charge in [0.05, 0.1) is 16.8 Å². The zero-order valence-corrected chi connectivity index (χ0v) is 19.9. The lowest BCUT2D eigenvalue weighted by Crippen LogP contribution is -2.27. The van der Waals surface area contributed by atoms with Crippen molar-refractivity contribution >= 4 is 28.7 Å². The number of benzene rings is 2. The fraction of sp³-hybridized carbons (Fsp3) is 0.346. The van der Waals surface area contributed by atoms with E-state index in [-0.39, 0.29) is 23.4 Å². The molecule has 2 aromatic carbocycles. The quantitative estimate of drug-likeness (QED) is 0.406. The van der Waals surface area contributed by atoms with Gasteiger partial charge in [0.1, 0.15) is 5.60 Å². The first-order valence-electron chi connectivity index (χ1n) is 11.0. The number of aromatic nitrogens is 1. The minimum Gasteiger partial charge on any atom is -0.444 e. The average Bonchev–Trinajstić information content (AvgIpc) is 2.73. The number of fused-ring (bicyclic) bond motifs is 1. The lowest BCUT2D eigenvalue weighted by Gasteiger charge is -2.21. The van der Waals surface area contributed by atoms with Crippen LogP contribution in [0.2, 0.25) is 0 Å². The molecule has 1 N–H and O–H groups in total. The van der Waals surface area contributed by atoms with E-state index in [1.165, 1.54) is 0 Å². The highest BCUT2D eigenvalue weighted by Gasteiger charge is 2.23. The van der Waals surface area contributed by atoms with Crippen LogP contribution in [0, 0.1) is 6.92 Å². The minimum absolute atomic E-state index is 0.122. The van der Waals surface area contributed by atoms with Crippen molar-refractivity contribution in [2.24, 2.45) is 7.05 Å². The number of para-hydroxylation sites is 2. The predicted octanol–water partition coefficient (Wildman–Crippen LogP) is 5.57. The van der Waals surface area contributed by atoms with Crippen molar-refractivity contribution < 1.29 is 19.1 Å². The Morgan fingerprint density at radius 2 is 1.76 bits per heavy atom. The summed E-state index contributed by atoms with van der Waals surface area (Å²) >= 11 is 0. The summed E-state index contributed by atoms with van der Waals surface area (Å²) in [7, 11) is 1.71. The minimum atomic E-state index is -0.703. The Morgan fingerprint density at radius 1 is 1.06 bits per heavy atom. The second-order valence-corrected chi connectivity index (χ2v) is 8.91. The van der Waals surface area contributed by atoms with E-state index in [9.17, 15) is 14.4 Å². The molecule has 1 aromatic heterocycles. The van der Waals surface area contributed by atoms with E-state index >= 15 is 0 Å². The number of esters is 1. The molecule has 0 atom stereocenters. The fourth-order valence-electron chi connectivity index (χ4n) is 3.70. The maximum Gasteiger partial charge on any atom is 0.412 e. The molecule has 0 aliphatic carbocycles. The summed E-state index contributed by atoms with van der Waals surface area (Å²) in [5, 5.41) is 3.58. The van der Waals surface area contributed by atoms with Gasteiger partial charge < -0.3 is 14.0 Å². The summed E-state index contributed by atoms with van der Waals surface area (Å²) in [4.78, 5) is 38.3. The highest BCUT2D eigenvalue weighted by Crippen LogP contribution is 2.38. The molecule has 1 heterocycles. The number of aryl methyl sites for hydroxylation is 2. The smallest absolute Gasteiger partial charge is 0.412 e. The molecule has 0 unspecified atom stereocenters. The topological polar surface area (TPSA) is 86.6 Å². The van der Waals surface area contributed by atoms with Gasteiger partial charge in [-0.1, -0.05) is 37.3 Å². The SMILES string of the molecule is CCCC(=O)Oc1c(NC(=O)OC(C)(C)C)cccc1-c1c(C)c2ccccc2n(C)c1=O. The van der Waals surface area contributed by atoms with Crippen molar-refractivity contribution in [3.05, 3.63) is 58.4 Å². The van der Waals surface area contributed by atoms with Crippen molar-refractivity contribution in [2.45, 2.75) is 53.1 Å². The van der Waals surface area contributed by atoms with E-state index in [0.29, 0.717) is 17.5 Å². The third-order valence-corrected chi connectivity index (χ3v) is 5.15.